The van der Waals surface area contributed by atoms with Crippen LogP contribution >= 0.6 is 0 Å². The first-order chi connectivity index (χ1) is 13.5. The van der Waals surface area contributed by atoms with E-state index < -0.39 is 14.2 Å². The molecule has 0 fully saturated rings. The van der Waals surface area contributed by atoms with Gasteiger partial charge in [0.05, 0.1) is 14.2 Å². The second-order valence-corrected chi connectivity index (χ2v) is 14.1. The van der Waals surface area contributed by atoms with Gasteiger partial charge in [-0.15, -0.1) is 0 Å². The number of hydrogen-bond acceptors (Lipinski definition) is 7. The summed E-state index contributed by atoms with van der Waals surface area (Å²) in [6.07, 6.45) is -0.487. The van der Waals surface area contributed by atoms with Gasteiger partial charge in [-0.2, -0.15) is 4.98 Å². The van der Waals surface area contributed by atoms with E-state index >= 15 is 0 Å². The molecule has 0 saturated carbocycles. The van der Waals surface area contributed by atoms with Crippen molar-refractivity contribution in [2.75, 3.05) is 27.6 Å². The maximum Gasteiger partial charge on any atom is 0.415 e. The Hall–Kier alpha value is -2.00. The van der Waals surface area contributed by atoms with Gasteiger partial charge in [0.2, 0.25) is 11.6 Å². The van der Waals surface area contributed by atoms with E-state index in [0.717, 1.165) is 6.04 Å². The molecule has 0 aliphatic carbocycles. The molecule has 1 aromatic heterocycles. The van der Waals surface area contributed by atoms with Crippen LogP contribution < -0.4 is 18.9 Å². The highest BCUT2D eigenvalue weighted by Crippen LogP contribution is 2.38. The van der Waals surface area contributed by atoms with Crippen molar-refractivity contribution in [2.24, 2.45) is 0 Å². The van der Waals surface area contributed by atoms with E-state index in [2.05, 4.69) is 24.6 Å². The van der Waals surface area contributed by atoms with Crippen LogP contribution in [0.15, 0.2) is 6.07 Å². The Balaban J connectivity index is 2.95. The van der Waals surface area contributed by atoms with Gasteiger partial charge in [-0.3, -0.25) is 0 Å². The normalized spacial score (nSPS) is 11.6. The van der Waals surface area contributed by atoms with Crippen LogP contribution in [0, 0.1) is 0 Å². The monoisotopic (exact) mass is 428 g/mol. The Morgan fingerprint density at radius 1 is 1.10 bits per heavy atom. The zero-order valence-electron chi connectivity index (χ0n) is 19.2. The predicted octanol–water partition coefficient (Wildman–Crippen LogP) is 4.41. The van der Waals surface area contributed by atoms with Gasteiger partial charge in [0.15, 0.2) is 12.5 Å². The first-order valence-electron chi connectivity index (χ1n) is 9.83. The number of aromatic nitrogens is 1. The number of hydrogen-bond donors (Lipinski definition) is 0. The number of carbonyl (C=O) groups excluding carboxylic acids is 1. The lowest BCUT2D eigenvalue weighted by Crippen LogP contribution is -2.43. The summed E-state index contributed by atoms with van der Waals surface area (Å²) in [6, 6.07) is 2.50. The Morgan fingerprint density at radius 3 is 2.21 bits per heavy atom. The standard InChI is InChI=1S/C20H36N2O6Si/c1-14(2)22(15(3)4)20(23)28-16-12-17(21-19(25-6)18(16)24-5)27-13-26-10-11-29(7,8)9/h12,14-15H,10-11,13H2,1-9H3. The minimum Gasteiger partial charge on any atom is -0.489 e. The quantitative estimate of drug-likeness (QED) is 0.293. The fourth-order valence-electron chi connectivity index (χ4n) is 2.65. The van der Waals surface area contributed by atoms with Gasteiger partial charge in [0.25, 0.3) is 5.88 Å². The van der Waals surface area contributed by atoms with Gasteiger partial charge < -0.3 is 28.6 Å². The summed E-state index contributed by atoms with van der Waals surface area (Å²) >= 11 is 0. The van der Waals surface area contributed by atoms with Crippen LogP contribution in [-0.4, -0.2) is 63.8 Å². The molecule has 0 radical (unpaired) electrons. The molecular formula is C20H36N2O6Si. The number of pyridine rings is 1. The van der Waals surface area contributed by atoms with E-state index in [4.69, 9.17) is 23.7 Å². The highest BCUT2D eigenvalue weighted by Gasteiger charge is 2.25. The highest BCUT2D eigenvalue weighted by atomic mass is 28.3. The maximum atomic E-state index is 12.7. The zero-order chi connectivity index (χ0) is 22.2. The summed E-state index contributed by atoms with van der Waals surface area (Å²) in [6.45, 7) is 15.2. The topological polar surface area (TPSA) is 79.3 Å². The predicted molar refractivity (Wildman–Crippen MR) is 115 cm³/mol. The van der Waals surface area contributed by atoms with Gasteiger partial charge in [0, 0.05) is 32.8 Å². The first kappa shape index (κ1) is 25.0. The molecule has 0 atom stereocenters. The molecular weight excluding hydrogens is 392 g/mol. The van der Waals surface area contributed by atoms with E-state index in [1.807, 2.05) is 27.7 Å². The zero-order valence-corrected chi connectivity index (χ0v) is 20.2. The molecule has 0 saturated heterocycles. The van der Waals surface area contributed by atoms with Crippen molar-refractivity contribution >= 4 is 14.2 Å². The van der Waals surface area contributed by atoms with Crippen molar-refractivity contribution in [1.29, 1.82) is 0 Å². The van der Waals surface area contributed by atoms with E-state index in [-0.39, 0.29) is 42.1 Å². The van der Waals surface area contributed by atoms with Crippen molar-refractivity contribution in [1.82, 2.24) is 9.88 Å². The Morgan fingerprint density at radius 2 is 1.72 bits per heavy atom. The molecule has 8 nitrogen and oxygen atoms in total. The van der Waals surface area contributed by atoms with Crippen LogP contribution in [0.2, 0.25) is 25.7 Å². The molecule has 1 aromatic rings. The molecule has 0 aliphatic heterocycles. The third-order valence-corrected chi connectivity index (χ3v) is 5.79. The van der Waals surface area contributed by atoms with Crippen LogP contribution in [0.3, 0.4) is 0 Å². The number of rotatable bonds is 11. The maximum absolute atomic E-state index is 12.7. The summed E-state index contributed by atoms with van der Waals surface area (Å²) in [5, 5.41) is 0. The van der Waals surface area contributed by atoms with Crippen LogP contribution in [0.1, 0.15) is 27.7 Å². The Labute approximate surface area is 175 Å². The minimum absolute atomic E-state index is 0.0206. The molecule has 1 amide bonds. The second kappa shape index (κ2) is 11.3. The molecule has 0 spiro atoms. The van der Waals surface area contributed by atoms with Crippen LogP contribution in [-0.2, 0) is 4.74 Å². The summed E-state index contributed by atoms with van der Waals surface area (Å²) in [7, 11) is 1.75. The van der Waals surface area contributed by atoms with Crippen LogP contribution in [0.5, 0.6) is 23.3 Å². The van der Waals surface area contributed by atoms with Crippen molar-refractivity contribution in [3.8, 4) is 23.3 Å². The molecule has 0 unspecified atom stereocenters. The summed E-state index contributed by atoms with van der Waals surface area (Å²) < 4.78 is 27.3. The SMILES string of the molecule is COc1nc(OCOCC[Si](C)(C)C)cc(OC(=O)N(C(C)C)C(C)C)c1OC. The van der Waals surface area contributed by atoms with Gasteiger partial charge in [-0.05, 0) is 33.7 Å². The lowest BCUT2D eigenvalue weighted by Gasteiger charge is -2.29. The molecule has 29 heavy (non-hydrogen) atoms. The molecule has 166 valence electrons. The molecule has 0 aliphatic rings. The fourth-order valence-corrected chi connectivity index (χ4v) is 3.40. The lowest BCUT2D eigenvalue weighted by molar-refractivity contribution is 0.0188. The van der Waals surface area contributed by atoms with Crippen molar-refractivity contribution in [2.45, 2.75) is 65.5 Å². The van der Waals surface area contributed by atoms with Crippen LogP contribution in [0.25, 0.3) is 0 Å². The van der Waals surface area contributed by atoms with E-state index in [1.54, 1.807) is 4.90 Å². The largest absolute Gasteiger partial charge is 0.489 e. The third kappa shape index (κ3) is 8.10. The van der Waals surface area contributed by atoms with Crippen molar-refractivity contribution in [3.05, 3.63) is 6.07 Å². The molecule has 1 rings (SSSR count). The summed E-state index contributed by atoms with van der Waals surface area (Å²) in [5.74, 6) is 0.780. The van der Waals surface area contributed by atoms with E-state index in [0.29, 0.717) is 6.61 Å². The average Bonchev–Trinajstić information content (AvgIpc) is 2.59. The Kier molecular flexibility index (Phi) is 9.71. The Bertz CT molecular complexity index is 653. The number of carbonyl (C=O) groups is 1. The number of nitrogens with zero attached hydrogens (tertiary/aromatic N) is 2. The lowest BCUT2D eigenvalue weighted by atomic mass is 10.2. The number of amides is 1. The smallest absolute Gasteiger partial charge is 0.415 e. The van der Waals surface area contributed by atoms with Crippen LogP contribution in [0.4, 0.5) is 4.79 Å². The minimum atomic E-state index is -1.17. The van der Waals surface area contributed by atoms with E-state index in [9.17, 15) is 4.79 Å². The molecule has 9 heteroatoms. The third-order valence-electron chi connectivity index (χ3n) is 4.09. The molecule has 0 aromatic carbocycles. The summed E-state index contributed by atoms with van der Waals surface area (Å²) in [4.78, 5) is 18.6. The molecule has 1 heterocycles. The second-order valence-electron chi connectivity index (χ2n) is 8.44. The number of methoxy groups -OCH3 is 2. The first-order valence-corrected chi connectivity index (χ1v) is 13.5. The number of ether oxygens (including phenoxy) is 5. The van der Waals surface area contributed by atoms with Gasteiger partial charge in [-0.1, -0.05) is 19.6 Å². The average molecular weight is 429 g/mol. The van der Waals surface area contributed by atoms with Gasteiger partial charge >= 0.3 is 6.09 Å². The fraction of sp³-hybridized carbons (Fsp3) is 0.700. The molecule has 0 N–H and O–H groups in total. The van der Waals surface area contributed by atoms with Crippen molar-refractivity contribution in [3.63, 3.8) is 0 Å². The highest BCUT2D eigenvalue weighted by molar-refractivity contribution is 6.76. The molecule has 0 bridgehead atoms. The summed E-state index contributed by atoms with van der Waals surface area (Å²) in [5.41, 5.74) is 0. The van der Waals surface area contributed by atoms with Gasteiger partial charge in [-0.25, -0.2) is 4.79 Å². The van der Waals surface area contributed by atoms with Gasteiger partial charge in [0.1, 0.15) is 0 Å². The van der Waals surface area contributed by atoms with Crippen molar-refractivity contribution < 1.29 is 28.5 Å². The van der Waals surface area contributed by atoms with E-state index in [1.165, 1.54) is 20.3 Å².